The summed E-state index contributed by atoms with van der Waals surface area (Å²) in [5.41, 5.74) is 5.44. The number of methoxy groups -OCH3 is 1. The molecule has 4 heterocycles. The summed E-state index contributed by atoms with van der Waals surface area (Å²) in [6.07, 6.45) is 6.77. The maximum atomic E-state index is 13.3. The second-order valence-electron chi connectivity index (χ2n) is 13.6. The highest BCUT2D eigenvalue weighted by Crippen LogP contribution is 2.42. The normalized spacial score (nSPS) is 17.0. The van der Waals surface area contributed by atoms with Crippen LogP contribution in [0.5, 0.6) is 5.88 Å². The molecule has 1 amide bonds. The van der Waals surface area contributed by atoms with Crippen molar-refractivity contribution in [2.75, 3.05) is 20.2 Å². The molecule has 10 nitrogen and oxygen atoms in total. The third kappa shape index (κ3) is 7.52. The molecule has 5 aromatic rings. The first kappa shape index (κ1) is 35.1. The van der Waals surface area contributed by atoms with Gasteiger partial charge in [0.25, 0.3) is 5.56 Å². The van der Waals surface area contributed by atoms with Crippen LogP contribution in [0, 0.1) is 5.92 Å². The van der Waals surface area contributed by atoms with Crippen molar-refractivity contribution in [3.63, 3.8) is 0 Å². The van der Waals surface area contributed by atoms with Crippen LogP contribution in [0.2, 0.25) is 10.0 Å². The van der Waals surface area contributed by atoms with Gasteiger partial charge in [-0.3, -0.25) is 14.0 Å². The van der Waals surface area contributed by atoms with Crippen molar-refractivity contribution >= 4 is 34.8 Å². The number of ether oxygens (including phenoxy) is 1. The molecular formula is C39H40Cl2N6O4. The minimum Gasteiger partial charge on any atom is -0.481 e. The van der Waals surface area contributed by atoms with Crippen molar-refractivity contribution < 1.29 is 14.6 Å². The molecule has 1 saturated carbocycles. The zero-order valence-electron chi connectivity index (χ0n) is 28.5. The Morgan fingerprint density at radius 1 is 0.941 bits per heavy atom. The van der Waals surface area contributed by atoms with Crippen molar-refractivity contribution in [1.29, 1.82) is 0 Å². The summed E-state index contributed by atoms with van der Waals surface area (Å²) in [5.74, 6) is 0.902. The smallest absolute Gasteiger partial charge is 0.262 e. The molecule has 2 atom stereocenters. The van der Waals surface area contributed by atoms with E-state index in [1.54, 1.807) is 19.5 Å². The number of rotatable bonds is 13. The summed E-state index contributed by atoms with van der Waals surface area (Å²) in [6, 6.07) is 19.3. The zero-order valence-corrected chi connectivity index (χ0v) is 30.0. The van der Waals surface area contributed by atoms with Gasteiger partial charge in [0.05, 0.1) is 28.5 Å². The van der Waals surface area contributed by atoms with Gasteiger partial charge in [-0.15, -0.1) is 0 Å². The second-order valence-corrected chi connectivity index (χ2v) is 14.4. The number of hydrogen-bond donors (Lipinski definition) is 4. The van der Waals surface area contributed by atoms with Gasteiger partial charge in [0.1, 0.15) is 5.65 Å². The predicted octanol–water partition coefficient (Wildman–Crippen LogP) is 6.02. The van der Waals surface area contributed by atoms with Crippen molar-refractivity contribution in [3.8, 4) is 39.4 Å². The summed E-state index contributed by atoms with van der Waals surface area (Å²) in [7, 11) is 1.59. The number of fused-ring (bicyclic) bond motifs is 1. The van der Waals surface area contributed by atoms with Crippen LogP contribution < -0.4 is 26.2 Å². The first-order chi connectivity index (χ1) is 24.6. The molecule has 1 saturated heterocycles. The zero-order chi connectivity index (χ0) is 35.7. The fraction of sp³-hybridized carbons (Fsp3) is 0.333. The standard InChI is InChI=1S/C39H40Cl2N6O4/c1-39(50,26-10-11-26)22-43-19-25-20-44-33-17-23(15-16-47(33)38(25)49)28-5-3-6-29(35(28)40)30-7-4-8-31(36(30)41)32-13-9-24(37(46-32)51-2)18-42-21-27-12-14-34(48)45-27/h3-9,13,15-17,20,26-27,42-43,50H,10-12,14,18-19,21-22H2,1-2H3,(H,45,48)/t27-,39+/m0/s1. The SMILES string of the molecule is COc1nc(-c2cccc(-c3cccc(-c4ccn5c(=O)c(CNC[C@@](C)(O)C6CC6)cnc5c4)c3Cl)c2Cl)ccc1CNC[C@@H]1CCC(=O)N1. The Bertz CT molecular complexity index is 2170. The van der Waals surface area contributed by atoms with E-state index < -0.39 is 5.60 Å². The van der Waals surface area contributed by atoms with Gasteiger partial charge in [-0.2, -0.15) is 0 Å². The Morgan fingerprint density at radius 2 is 1.65 bits per heavy atom. The van der Waals surface area contributed by atoms with E-state index in [0.29, 0.717) is 71.3 Å². The van der Waals surface area contributed by atoms with E-state index in [-0.39, 0.29) is 17.5 Å². The molecule has 0 unspecified atom stereocenters. The number of benzene rings is 2. The average Bonchev–Trinajstić information content (AvgIpc) is 3.92. The lowest BCUT2D eigenvalue weighted by Gasteiger charge is -2.23. The third-order valence-corrected chi connectivity index (χ3v) is 10.6. The molecule has 0 bridgehead atoms. The Hall–Kier alpha value is -4.32. The number of aliphatic hydroxyl groups is 1. The Morgan fingerprint density at radius 3 is 2.35 bits per heavy atom. The monoisotopic (exact) mass is 726 g/mol. The number of nitrogens with zero attached hydrogens (tertiary/aromatic N) is 3. The van der Waals surface area contributed by atoms with Crippen molar-refractivity contribution in [2.24, 2.45) is 5.92 Å². The molecule has 2 aromatic carbocycles. The number of pyridine rings is 2. The number of carbonyl (C=O) groups is 1. The van der Waals surface area contributed by atoms with Crippen molar-refractivity contribution in [3.05, 3.63) is 105 Å². The predicted molar refractivity (Wildman–Crippen MR) is 200 cm³/mol. The maximum Gasteiger partial charge on any atom is 0.262 e. The van der Waals surface area contributed by atoms with Crippen LogP contribution in [0.15, 0.2) is 77.9 Å². The van der Waals surface area contributed by atoms with E-state index in [1.165, 1.54) is 4.40 Å². The Balaban J connectivity index is 1.11. The molecule has 51 heavy (non-hydrogen) atoms. The highest BCUT2D eigenvalue weighted by molar-refractivity contribution is 6.39. The highest BCUT2D eigenvalue weighted by Gasteiger charge is 2.39. The van der Waals surface area contributed by atoms with E-state index in [9.17, 15) is 14.7 Å². The van der Waals surface area contributed by atoms with E-state index in [0.717, 1.165) is 52.6 Å². The van der Waals surface area contributed by atoms with Crippen LogP contribution in [0.1, 0.15) is 43.7 Å². The molecule has 2 aliphatic rings. The molecule has 1 aliphatic heterocycles. The highest BCUT2D eigenvalue weighted by atomic mass is 35.5. The van der Waals surface area contributed by atoms with Gasteiger partial charge >= 0.3 is 0 Å². The lowest BCUT2D eigenvalue weighted by Crippen LogP contribution is -2.40. The van der Waals surface area contributed by atoms with Gasteiger partial charge in [-0.1, -0.05) is 65.7 Å². The molecule has 3 aromatic heterocycles. The number of carbonyl (C=O) groups excluding carboxylic acids is 1. The number of amides is 1. The van der Waals surface area contributed by atoms with Crippen LogP contribution in [0.25, 0.3) is 39.2 Å². The quantitative estimate of drug-likeness (QED) is 0.116. The van der Waals surface area contributed by atoms with Gasteiger partial charge in [0.2, 0.25) is 11.8 Å². The largest absolute Gasteiger partial charge is 0.481 e. The topological polar surface area (TPSA) is 130 Å². The molecule has 0 radical (unpaired) electrons. The minimum atomic E-state index is -0.777. The average molecular weight is 728 g/mol. The van der Waals surface area contributed by atoms with Gasteiger partial charge in [0, 0.05) is 84.4 Å². The number of hydrogen-bond acceptors (Lipinski definition) is 8. The Labute approximate surface area is 306 Å². The Kier molecular flexibility index (Phi) is 10.1. The molecule has 7 rings (SSSR count). The van der Waals surface area contributed by atoms with Crippen LogP contribution in [-0.2, 0) is 17.9 Å². The first-order valence-electron chi connectivity index (χ1n) is 17.2. The summed E-state index contributed by atoms with van der Waals surface area (Å²) in [6.45, 7) is 3.79. The van der Waals surface area contributed by atoms with Gasteiger partial charge in [-0.05, 0) is 55.9 Å². The van der Waals surface area contributed by atoms with E-state index in [4.69, 9.17) is 32.9 Å². The van der Waals surface area contributed by atoms with E-state index >= 15 is 0 Å². The summed E-state index contributed by atoms with van der Waals surface area (Å²) in [4.78, 5) is 34.2. The fourth-order valence-electron chi connectivity index (χ4n) is 6.74. The molecule has 4 N–H and O–H groups in total. The number of nitrogens with one attached hydrogen (secondary N) is 3. The van der Waals surface area contributed by atoms with Crippen LogP contribution in [-0.4, -0.2) is 57.2 Å². The molecule has 1 aliphatic carbocycles. The minimum absolute atomic E-state index is 0.0936. The lowest BCUT2D eigenvalue weighted by atomic mass is 9.97. The van der Waals surface area contributed by atoms with E-state index in [2.05, 4.69) is 20.9 Å². The number of halogens is 2. The molecule has 264 valence electrons. The van der Waals surface area contributed by atoms with Gasteiger partial charge < -0.3 is 25.8 Å². The van der Waals surface area contributed by atoms with Crippen LogP contribution in [0.4, 0.5) is 0 Å². The van der Waals surface area contributed by atoms with Gasteiger partial charge in [0.15, 0.2) is 0 Å². The number of aromatic nitrogens is 3. The fourth-order valence-corrected chi connectivity index (χ4v) is 7.41. The molecule has 0 spiro atoms. The van der Waals surface area contributed by atoms with Crippen molar-refractivity contribution in [1.82, 2.24) is 30.3 Å². The summed E-state index contributed by atoms with van der Waals surface area (Å²) < 4.78 is 7.17. The lowest BCUT2D eigenvalue weighted by molar-refractivity contribution is -0.119. The second kappa shape index (κ2) is 14.7. The van der Waals surface area contributed by atoms with Crippen molar-refractivity contribution in [2.45, 2.75) is 57.3 Å². The summed E-state index contributed by atoms with van der Waals surface area (Å²) in [5, 5.41) is 21.2. The maximum absolute atomic E-state index is 13.3. The van der Waals surface area contributed by atoms with Crippen LogP contribution in [0.3, 0.4) is 0 Å². The third-order valence-electron chi connectivity index (χ3n) is 9.83. The molecule has 2 fully saturated rings. The first-order valence-corrected chi connectivity index (χ1v) is 17.9. The van der Waals surface area contributed by atoms with Gasteiger partial charge in [-0.25, -0.2) is 9.97 Å². The molecule has 12 heteroatoms. The van der Waals surface area contributed by atoms with Crippen LogP contribution >= 0.6 is 23.2 Å². The molecular weight excluding hydrogens is 687 g/mol. The van der Waals surface area contributed by atoms with E-state index in [1.807, 2.05) is 67.6 Å². The summed E-state index contributed by atoms with van der Waals surface area (Å²) >= 11 is 14.2.